The van der Waals surface area contributed by atoms with E-state index in [1.165, 1.54) is 16.7 Å². The maximum Gasteiger partial charge on any atom is 0.119 e. The van der Waals surface area contributed by atoms with Gasteiger partial charge in [-0.25, -0.2) is 4.98 Å². The first kappa shape index (κ1) is 17.4. The van der Waals surface area contributed by atoms with E-state index in [4.69, 9.17) is 9.72 Å². The number of imidazole rings is 1. The first-order valence-electron chi connectivity index (χ1n) is 9.63. The topological polar surface area (TPSA) is 39.9 Å². The van der Waals surface area contributed by atoms with Crippen molar-refractivity contribution in [2.75, 3.05) is 7.11 Å². The SMILES string of the molecule is COc1ccc(-n2c(C)nc3cnc4ccc(-c5ccc(C)cc5)cc4c32)cc1. The fourth-order valence-electron chi connectivity index (χ4n) is 3.84. The van der Waals surface area contributed by atoms with Gasteiger partial charge < -0.3 is 4.74 Å². The minimum absolute atomic E-state index is 0.837. The lowest BCUT2D eigenvalue weighted by molar-refractivity contribution is 0.415. The maximum absolute atomic E-state index is 5.31. The second kappa shape index (κ2) is 6.74. The average molecular weight is 379 g/mol. The van der Waals surface area contributed by atoms with Gasteiger partial charge in [0.25, 0.3) is 0 Å². The summed E-state index contributed by atoms with van der Waals surface area (Å²) in [6.07, 6.45) is 1.86. The van der Waals surface area contributed by atoms with Crippen molar-refractivity contribution in [3.8, 4) is 22.6 Å². The van der Waals surface area contributed by atoms with Gasteiger partial charge in [-0.15, -0.1) is 0 Å². The molecule has 5 aromatic rings. The lowest BCUT2D eigenvalue weighted by atomic mass is 10.0. The molecule has 0 aliphatic heterocycles. The summed E-state index contributed by atoms with van der Waals surface area (Å²) in [5.41, 5.74) is 7.61. The second-order valence-electron chi connectivity index (χ2n) is 7.28. The van der Waals surface area contributed by atoms with Crippen molar-refractivity contribution in [1.29, 1.82) is 0 Å². The zero-order valence-electron chi connectivity index (χ0n) is 16.7. The predicted octanol–water partition coefficient (Wildman–Crippen LogP) is 5.87. The lowest BCUT2D eigenvalue weighted by Gasteiger charge is -2.11. The number of benzene rings is 3. The Hall–Kier alpha value is -3.66. The Balaban J connectivity index is 1.78. The number of hydrogen-bond acceptors (Lipinski definition) is 3. The molecule has 0 aliphatic carbocycles. The molecule has 0 fully saturated rings. The molecule has 3 aromatic carbocycles. The van der Waals surface area contributed by atoms with Crippen LogP contribution in [0.4, 0.5) is 0 Å². The van der Waals surface area contributed by atoms with E-state index in [2.05, 4.69) is 71.1 Å². The number of methoxy groups -OCH3 is 1. The third-order valence-electron chi connectivity index (χ3n) is 5.37. The molecule has 0 unspecified atom stereocenters. The molecule has 0 spiro atoms. The summed E-state index contributed by atoms with van der Waals surface area (Å²) in [6, 6.07) is 23.1. The first-order valence-corrected chi connectivity index (χ1v) is 9.63. The van der Waals surface area contributed by atoms with Crippen molar-refractivity contribution in [1.82, 2.24) is 14.5 Å². The molecule has 0 atom stereocenters. The molecule has 0 saturated heterocycles. The van der Waals surface area contributed by atoms with Crippen molar-refractivity contribution in [3.63, 3.8) is 0 Å². The van der Waals surface area contributed by atoms with Gasteiger partial charge in [0.15, 0.2) is 0 Å². The number of hydrogen-bond donors (Lipinski definition) is 0. The van der Waals surface area contributed by atoms with Gasteiger partial charge in [-0.3, -0.25) is 9.55 Å². The van der Waals surface area contributed by atoms with E-state index in [-0.39, 0.29) is 0 Å². The molecule has 0 amide bonds. The van der Waals surface area contributed by atoms with Crippen LogP contribution in [-0.2, 0) is 0 Å². The molecule has 0 N–H and O–H groups in total. The van der Waals surface area contributed by atoms with Crippen molar-refractivity contribution in [2.45, 2.75) is 13.8 Å². The van der Waals surface area contributed by atoms with Gasteiger partial charge in [0.2, 0.25) is 0 Å². The average Bonchev–Trinajstić information content (AvgIpc) is 3.10. The van der Waals surface area contributed by atoms with E-state index in [1.807, 2.05) is 25.3 Å². The molecule has 29 heavy (non-hydrogen) atoms. The van der Waals surface area contributed by atoms with Crippen LogP contribution in [0.2, 0.25) is 0 Å². The molecular weight excluding hydrogens is 358 g/mol. The van der Waals surface area contributed by atoms with Crippen LogP contribution in [0.15, 0.2) is 72.9 Å². The van der Waals surface area contributed by atoms with Crippen LogP contribution in [-0.4, -0.2) is 21.6 Å². The number of ether oxygens (including phenoxy) is 1. The third kappa shape index (κ3) is 2.93. The standard InChI is InChI=1S/C25H21N3O/c1-16-4-6-18(7-5-16)19-8-13-23-22(14-19)25-24(15-26-23)27-17(2)28(25)20-9-11-21(29-3)12-10-20/h4-15H,1-3H3. The number of aryl methyl sites for hydroxylation is 2. The number of pyridine rings is 1. The molecular formula is C25H21N3O. The van der Waals surface area contributed by atoms with Crippen LogP contribution in [0.5, 0.6) is 5.75 Å². The zero-order chi connectivity index (χ0) is 20.0. The van der Waals surface area contributed by atoms with E-state index < -0.39 is 0 Å². The molecule has 142 valence electrons. The van der Waals surface area contributed by atoms with Crippen molar-refractivity contribution in [3.05, 3.63) is 84.3 Å². The predicted molar refractivity (Wildman–Crippen MR) is 118 cm³/mol. The maximum atomic E-state index is 5.31. The van der Waals surface area contributed by atoms with E-state index >= 15 is 0 Å². The first-order chi connectivity index (χ1) is 14.1. The Morgan fingerprint density at radius 3 is 2.24 bits per heavy atom. The van der Waals surface area contributed by atoms with Crippen molar-refractivity contribution in [2.24, 2.45) is 0 Å². The fourth-order valence-corrected chi connectivity index (χ4v) is 3.84. The largest absolute Gasteiger partial charge is 0.497 e. The number of nitrogens with zero attached hydrogens (tertiary/aromatic N) is 3. The second-order valence-corrected chi connectivity index (χ2v) is 7.28. The Morgan fingerprint density at radius 2 is 1.52 bits per heavy atom. The normalized spacial score (nSPS) is 11.3. The van der Waals surface area contributed by atoms with E-state index in [9.17, 15) is 0 Å². The molecule has 4 nitrogen and oxygen atoms in total. The van der Waals surface area contributed by atoms with Crippen molar-refractivity contribution < 1.29 is 4.74 Å². The zero-order valence-corrected chi connectivity index (χ0v) is 16.7. The van der Waals surface area contributed by atoms with E-state index in [0.29, 0.717) is 0 Å². The van der Waals surface area contributed by atoms with E-state index in [0.717, 1.165) is 39.2 Å². The van der Waals surface area contributed by atoms with Crippen LogP contribution in [0.3, 0.4) is 0 Å². The Bertz CT molecular complexity index is 1330. The van der Waals surface area contributed by atoms with E-state index in [1.54, 1.807) is 7.11 Å². The van der Waals surface area contributed by atoms with Crippen molar-refractivity contribution >= 4 is 21.9 Å². The third-order valence-corrected chi connectivity index (χ3v) is 5.37. The van der Waals surface area contributed by atoms with Gasteiger partial charge in [-0.1, -0.05) is 35.9 Å². The summed E-state index contributed by atoms with van der Waals surface area (Å²) < 4.78 is 7.50. The van der Waals surface area contributed by atoms with Crippen LogP contribution < -0.4 is 4.74 Å². The molecule has 0 radical (unpaired) electrons. The molecule has 0 aliphatic rings. The minimum atomic E-state index is 0.837. The van der Waals surface area contributed by atoms with Crippen LogP contribution in [0, 0.1) is 13.8 Å². The van der Waals surface area contributed by atoms with Crippen LogP contribution >= 0.6 is 0 Å². The number of rotatable bonds is 3. The van der Waals surface area contributed by atoms with Gasteiger partial charge in [-0.2, -0.15) is 0 Å². The van der Waals surface area contributed by atoms with Gasteiger partial charge in [0, 0.05) is 11.1 Å². The Morgan fingerprint density at radius 1 is 0.793 bits per heavy atom. The summed E-state index contributed by atoms with van der Waals surface area (Å²) in [6.45, 7) is 4.13. The number of aromatic nitrogens is 3. The molecule has 0 saturated carbocycles. The molecule has 2 aromatic heterocycles. The van der Waals surface area contributed by atoms with Gasteiger partial charge in [0.1, 0.15) is 17.1 Å². The molecule has 0 bridgehead atoms. The van der Waals surface area contributed by atoms with Crippen LogP contribution in [0.1, 0.15) is 11.4 Å². The van der Waals surface area contributed by atoms with Gasteiger partial charge in [-0.05, 0) is 61.4 Å². The highest BCUT2D eigenvalue weighted by molar-refractivity contribution is 6.04. The minimum Gasteiger partial charge on any atom is -0.497 e. The molecule has 5 rings (SSSR count). The van der Waals surface area contributed by atoms with Crippen LogP contribution in [0.25, 0.3) is 38.8 Å². The molecule has 2 heterocycles. The number of fused-ring (bicyclic) bond motifs is 3. The monoisotopic (exact) mass is 379 g/mol. The van der Waals surface area contributed by atoms with Gasteiger partial charge >= 0.3 is 0 Å². The van der Waals surface area contributed by atoms with Gasteiger partial charge in [0.05, 0.1) is 24.3 Å². The highest BCUT2D eigenvalue weighted by atomic mass is 16.5. The highest BCUT2D eigenvalue weighted by Crippen LogP contribution is 2.31. The summed E-state index contributed by atoms with van der Waals surface area (Å²) in [4.78, 5) is 9.40. The Kier molecular flexibility index (Phi) is 4.06. The summed E-state index contributed by atoms with van der Waals surface area (Å²) >= 11 is 0. The summed E-state index contributed by atoms with van der Waals surface area (Å²) in [5.74, 6) is 1.77. The smallest absolute Gasteiger partial charge is 0.119 e. The lowest BCUT2D eigenvalue weighted by Crippen LogP contribution is -1.98. The molecule has 4 heteroatoms. The quantitative estimate of drug-likeness (QED) is 0.394. The highest BCUT2D eigenvalue weighted by Gasteiger charge is 2.14. The summed E-state index contributed by atoms with van der Waals surface area (Å²) in [5, 5.41) is 1.09. The fraction of sp³-hybridized carbons (Fsp3) is 0.120. The Labute approximate surface area is 169 Å². The summed E-state index contributed by atoms with van der Waals surface area (Å²) in [7, 11) is 1.68.